The van der Waals surface area contributed by atoms with Crippen LogP contribution in [0.4, 0.5) is 0 Å². The molecule has 1 heterocycles. The number of ether oxygens (including phenoxy) is 3. The fourth-order valence-corrected chi connectivity index (χ4v) is 2.66. The van der Waals surface area contributed by atoms with Gasteiger partial charge in [0.15, 0.2) is 0 Å². The molecular formula is C24H30O6. The molecule has 0 spiro atoms. The highest BCUT2D eigenvalue weighted by molar-refractivity contribution is 5.86. The zero-order valence-corrected chi connectivity index (χ0v) is 17.9. The number of hydrogen-bond acceptors (Lipinski definition) is 6. The first-order chi connectivity index (χ1) is 14.2. The molecule has 2 aromatic carbocycles. The van der Waals surface area contributed by atoms with E-state index in [1.807, 2.05) is 24.3 Å². The molecule has 162 valence electrons. The monoisotopic (exact) mass is 414 g/mol. The highest BCUT2D eigenvalue weighted by atomic mass is 16.5. The lowest BCUT2D eigenvalue weighted by molar-refractivity contribution is -0.136. The van der Waals surface area contributed by atoms with Crippen molar-refractivity contribution in [2.45, 2.75) is 45.3 Å². The standard InChI is InChI=1S/C21H28O4.C3H2O2/c1-15(22)13-24-19-9-5-17(6-10-19)21(3,4)18-7-11-20(12-8-18)25-14-16(2)23;4-3-1-2-5-3/h5-12,15-16,22-23H,13-14H2,1-4H3;1-2H. The van der Waals surface area contributed by atoms with Gasteiger partial charge in [-0.3, -0.25) is 0 Å². The number of carbonyl (C=O) groups excluding carboxylic acids is 1. The molecule has 3 rings (SSSR count). The first-order valence-corrected chi connectivity index (χ1v) is 9.88. The van der Waals surface area contributed by atoms with E-state index in [1.165, 1.54) is 23.5 Å². The minimum atomic E-state index is -0.481. The third kappa shape index (κ3) is 7.21. The van der Waals surface area contributed by atoms with E-state index in [-0.39, 0.29) is 24.6 Å². The van der Waals surface area contributed by atoms with E-state index in [9.17, 15) is 15.0 Å². The van der Waals surface area contributed by atoms with Crippen LogP contribution in [0, 0.1) is 0 Å². The largest absolute Gasteiger partial charge is 0.491 e. The maximum absolute atomic E-state index is 9.59. The van der Waals surface area contributed by atoms with E-state index < -0.39 is 12.2 Å². The number of cyclic esters (lactones) is 1. The summed E-state index contributed by atoms with van der Waals surface area (Å²) < 4.78 is 15.1. The Hall–Kier alpha value is -2.83. The molecule has 2 atom stereocenters. The first kappa shape index (κ1) is 23.4. The molecule has 0 aliphatic carbocycles. The Kier molecular flexibility index (Phi) is 8.45. The lowest BCUT2D eigenvalue weighted by Gasteiger charge is -2.26. The molecule has 2 N–H and O–H groups in total. The van der Waals surface area contributed by atoms with Gasteiger partial charge in [0.2, 0.25) is 0 Å². The Morgan fingerprint density at radius 2 is 1.17 bits per heavy atom. The van der Waals surface area contributed by atoms with Crippen molar-refractivity contribution in [2.24, 2.45) is 0 Å². The van der Waals surface area contributed by atoms with E-state index in [4.69, 9.17) is 9.47 Å². The number of esters is 1. The van der Waals surface area contributed by atoms with E-state index in [0.717, 1.165) is 11.5 Å². The molecule has 2 unspecified atom stereocenters. The van der Waals surface area contributed by atoms with Gasteiger partial charge in [-0.25, -0.2) is 4.79 Å². The quantitative estimate of drug-likeness (QED) is 0.642. The summed E-state index contributed by atoms with van der Waals surface area (Å²) in [4.78, 5) is 9.59. The van der Waals surface area contributed by atoms with Crippen LogP contribution in [0.3, 0.4) is 0 Å². The topological polar surface area (TPSA) is 85.2 Å². The van der Waals surface area contributed by atoms with Gasteiger partial charge in [0.05, 0.1) is 18.3 Å². The third-order valence-electron chi connectivity index (χ3n) is 4.52. The molecule has 30 heavy (non-hydrogen) atoms. The SMILES string of the molecule is CC(O)COc1ccc(C(C)(C)c2ccc(OCC(C)O)cc2)cc1.O=C1C=CO1. The van der Waals surface area contributed by atoms with Crippen LogP contribution < -0.4 is 9.47 Å². The average molecular weight is 414 g/mol. The van der Waals surface area contributed by atoms with Crippen LogP contribution in [-0.2, 0) is 14.9 Å². The molecule has 1 aliphatic rings. The lowest BCUT2D eigenvalue weighted by Crippen LogP contribution is -2.19. The van der Waals surface area contributed by atoms with Crippen molar-refractivity contribution in [3.63, 3.8) is 0 Å². The summed E-state index contributed by atoms with van der Waals surface area (Å²) in [6, 6.07) is 15.9. The molecule has 1 aliphatic heterocycles. The molecule has 0 radical (unpaired) electrons. The highest BCUT2D eigenvalue weighted by Gasteiger charge is 2.23. The normalized spacial score (nSPS) is 14.5. The summed E-state index contributed by atoms with van der Waals surface area (Å²) in [5, 5.41) is 18.6. The molecule has 6 nitrogen and oxygen atoms in total. The van der Waals surface area contributed by atoms with Crippen LogP contribution in [0.2, 0.25) is 0 Å². The van der Waals surface area contributed by atoms with Gasteiger partial charge in [-0.2, -0.15) is 0 Å². The summed E-state index contributed by atoms with van der Waals surface area (Å²) in [5.74, 6) is 1.26. The third-order valence-corrected chi connectivity index (χ3v) is 4.52. The summed E-state index contributed by atoms with van der Waals surface area (Å²) in [7, 11) is 0. The van der Waals surface area contributed by atoms with Crippen molar-refractivity contribution < 1.29 is 29.2 Å². The summed E-state index contributed by atoms with van der Waals surface area (Å²) >= 11 is 0. The summed E-state index contributed by atoms with van der Waals surface area (Å²) in [5.41, 5.74) is 2.19. The van der Waals surface area contributed by atoms with Gasteiger partial charge in [0.25, 0.3) is 0 Å². The van der Waals surface area contributed by atoms with E-state index in [2.05, 4.69) is 42.8 Å². The maximum Gasteiger partial charge on any atom is 0.338 e. The fourth-order valence-electron chi connectivity index (χ4n) is 2.66. The Bertz CT molecular complexity index is 762. The van der Waals surface area contributed by atoms with Gasteiger partial charge in [-0.05, 0) is 49.2 Å². The second kappa shape index (κ2) is 10.8. The number of aliphatic hydroxyl groups is 2. The van der Waals surface area contributed by atoms with Gasteiger partial charge in [0, 0.05) is 5.41 Å². The molecule has 0 bridgehead atoms. The Balaban J connectivity index is 0.000000558. The second-order valence-electron chi connectivity index (χ2n) is 7.73. The van der Waals surface area contributed by atoms with Crippen molar-refractivity contribution in [3.8, 4) is 11.5 Å². The van der Waals surface area contributed by atoms with Crippen LogP contribution in [0.5, 0.6) is 11.5 Å². The van der Waals surface area contributed by atoms with Crippen molar-refractivity contribution in [1.82, 2.24) is 0 Å². The smallest absolute Gasteiger partial charge is 0.338 e. The van der Waals surface area contributed by atoms with Gasteiger partial charge < -0.3 is 24.4 Å². The molecule has 2 aromatic rings. The van der Waals surface area contributed by atoms with E-state index >= 15 is 0 Å². The second-order valence-corrected chi connectivity index (χ2v) is 7.73. The van der Waals surface area contributed by atoms with Gasteiger partial charge in [0.1, 0.15) is 31.0 Å². The summed E-state index contributed by atoms with van der Waals surface area (Å²) in [6.45, 7) is 8.32. The summed E-state index contributed by atoms with van der Waals surface area (Å²) in [6.07, 6.45) is 1.75. The predicted octanol–water partition coefficient (Wildman–Crippen LogP) is 3.59. The van der Waals surface area contributed by atoms with Crippen LogP contribution in [-0.4, -0.2) is 41.6 Å². The zero-order chi connectivity index (χ0) is 22.1. The van der Waals surface area contributed by atoms with Crippen LogP contribution in [0.25, 0.3) is 0 Å². The number of rotatable bonds is 8. The minimum Gasteiger partial charge on any atom is -0.491 e. The highest BCUT2D eigenvalue weighted by Crippen LogP contribution is 2.33. The minimum absolute atomic E-state index is 0.161. The Morgan fingerprint density at radius 1 is 0.833 bits per heavy atom. The number of benzene rings is 2. The number of hydrogen-bond donors (Lipinski definition) is 2. The molecule has 0 amide bonds. The fraction of sp³-hybridized carbons (Fsp3) is 0.375. The van der Waals surface area contributed by atoms with Gasteiger partial charge in [-0.15, -0.1) is 0 Å². The van der Waals surface area contributed by atoms with E-state index in [0.29, 0.717) is 0 Å². The average Bonchev–Trinajstić information content (AvgIpc) is 2.70. The molecular weight excluding hydrogens is 384 g/mol. The van der Waals surface area contributed by atoms with Crippen molar-refractivity contribution >= 4 is 5.97 Å². The lowest BCUT2D eigenvalue weighted by atomic mass is 9.78. The van der Waals surface area contributed by atoms with Crippen molar-refractivity contribution in [2.75, 3.05) is 13.2 Å². The number of aliphatic hydroxyl groups excluding tert-OH is 2. The molecule has 6 heteroatoms. The van der Waals surface area contributed by atoms with Gasteiger partial charge >= 0.3 is 5.97 Å². The Morgan fingerprint density at radius 3 is 1.40 bits per heavy atom. The van der Waals surface area contributed by atoms with E-state index in [1.54, 1.807) is 13.8 Å². The molecule has 0 saturated carbocycles. The molecule has 0 saturated heterocycles. The molecule has 0 aromatic heterocycles. The van der Waals surface area contributed by atoms with Gasteiger partial charge in [-0.1, -0.05) is 38.1 Å². The van der Waals surface area contributed by atoms with Crippen LogP contribution >= 0.6 is 0 Å². The van der Waals surface area contributed by atoms with Crippen LogP contribution in [0.1, 0.15) is 38.8 Å². The van der Waals surface area contributed by atoms with Crippen molar-refractivity contribution in [3.05, 3.63) is 72.0 Å². The maximum atomic E-state index is 9.59. The predicted molar refractivity (Wildman–Crippen MR) is 115 cm³/mol. The molecule has 0 fully saturated rings. The number of carbonyl (C=O) groups is 1. The zero-order valence-electron chi connectivity index (χ0n) is 17.9. The van der Waals surface area contributed by atoms with Crippen molar-refractivity contribution in [1.29, 1.82) is 0 Å². The van der Waals surface area contributed by atoms with Crippen LogP contribution in [0.15, 0.2) is 60.9 Å². The Labute approximate surface area is 177 Å². The first-order valence-electron chi connectivity index (χ1n) is 9.88.